The number of carbonyl (C=O) groups excluding carboxylic acids is 1. The molecule has 1 amide bonds. The van der Waals surface area contributed by atoms with Crippen LogP contribution in [0.15, 0.2) is 45.7 Å². The molecule has 1 fully saturated rings. The SMILES string of the molecule is C=N/C(NC1(C)CC1)=C(\C)C(C(=O)N(C)Cc1ccc(CC)c(C)c1)=C(C)C. The Labute approximate surface area is 170 Å². The normalized spacial score (nSPS) is 15.4. The molecule has 0 radical (unpaired) electrons. The van der Waals surface area contributed by atoms with Gasteiger partial charge in [-0.05, 0) is 77.3 Å². The fourth-order valence-corrected chi connectivity index (χ4v) is 3.51. The van der Waals surface area contributed by atoms with Gasteiger partial charge in [0.2, 0.25) is 0 Å². The van der Waals surface area contributed by atoms with Crippen molar-refractivity contribution in [2.75, 3.05) is 7.05 Å². The number of aliphatic imine (C=N–C) groups is 1. The predicted molar refractivity (Wildman–Crippen MR) is 118 cm³/mol. The van der Waals surface area contributed by atoms with Crippen LogP contribution in [-0.2, 0) is 17.8 Å². The van der Waals surface area contributed by atoms with E-state index in [0.717, 1.165) is 36.0 Å². The van der Waals surface area contributed by atoms with Crippen molar-refractivity contribution in [3.05, 3.63) is 57.4 Å². The molecule has 1 aromatic carbocycles. The molecule has 0 aromatic heterocycles. The van der Waals surface area contributed by atoms with Crippen molar-refractivity contribution < 1.29 is 4.79 Å². The molecule has 0 aliphatic heterocycles. The van der Waals surface area contributed by atoms with Gasteiger partial charge in [0, 0.05) is 30.3 Å². The van der Waals surface area contributed by atoms with Gasteiger partial charge in [0.15, 0.2) is 0 Å². The van der Waals surface area contributed by atoms with Crippen molar-refractivity contribution >= 4 is 12.6 Å². The summed E-state index contributed by atoms with van der Waals surface area (Å²) < 4.78 is 0. The third-order valence-electron chi connectivity index (χ3n) is 5.58. The molecule has 1 aromatic rings. The maximum atomic E-state index is 13.3. The van der Waals surface area contributed by atoms with Crippen molar-refractivity contribution in [1.29, 1.82) is 0 Å². The third-order valence-corrected chi connectivity index (χ3v) is 5.58. The molecule has 1 N–H and O–H groups in total. The number of amides is 1. The molecular formula is C24H35N3O. The van der Waals surface area contributed by atoms with E-state index in [-0.39, 0.29) is 11.4 Å². The van der Waals surface area contributed by atoms with E-state index < -0.39 is 0 Å². The van der Waals surface area contributed by atoms with E-state index in [1.54, 1.807) is 4.90 Å². The van der Waals surface area contributed by atoms with Gasteiger partial charge in [-0.3, -0.25) is 4.79 Å². The molecule has 1 saturated carbocycles. The molecule has 0 bridgehead atoms. The van der Waals surface area contributed by atoms with Crippen molar-refractivity contribution in [1.82, 2.24) is 10.2 Å². The Morgan fingerprint density at radius 2 is 1.93 bits per heavy atom. The number of benzene rings is 1. The monoisotopic (exact) mass is 381 g/mol. The first kappa shape index (κ1) is 21.9. The summed E-state index contributed by atoms with van der Waals surface area (Å²) in [7, 11) is 1.86. The fourth-order valence-electron chi connectivity index (χ4n) is 3.51. The van der Waals surface area contributed by atoms with Crippen LogP contribution in [0, 0.1) is 6.92 Å². The van der Waals surface area contributed by atoms with Gasteiger partial charge in [0.25, 0.3) is 5.91 Å². The highest BCUT2D eigenvalue weighted by atomic mass is 16.2. The minimum atomic E-state index is 0.0126. The van der Waals surface area contributed by atoms with Gasteiger partial charge in [-0.25, -0.2) is 4.99 Å². The van der Waals surface area contributed by atoms with E-state index in [2.05, 4.69) is 56.0 Å². The maximum absolute atomic E-state index is 13.3. The Hall–Kier alpha value is -2.36. The zero-order chi connectivity index (χ0) is 21.1. The zero-order valence-electron chi connectivity index (χ0n) is 18.6. The van der Waals surface area contributed by atoms with E-state index in [4.69, 9.17) is 0 Å². The number of nitrogens with zero attached hydrogens (tertiary/aromatic N) is 2. The van der Waals surface area contributed by atoms with E-state index >= 15 is 0 Å². The topological polar surface area (TPSA) is 44.7 Å². The summed E-state index contributed by atoms with van der Waals surface area (Å²) in [4.78, 5) is 19.3. The molecule has 0 atom stereocenters. The molecule has 152 valence electrons. The smallest absolute Gasteiger partial charge is 0.254 e. The van der Waals surface area contributed by atoms with Crippen LogP contribution >= 0.6 is 0 Å². The van der Waals surface area contributed by atoms with Crippen LogP contribution in [0.1, 0.15) is 64.2 Å². The van der Waals surface area contributed by atoms with Crippen LogP contribution in [-0.4, -0.2) is 30.1 Å². The molecule has 1 aliphatic rings. The third kappa shape index (κ3) is 5.12. The van der Waals surface area contributed by atoms with Crippen molar-refractivity contribution in [2.24, 2.45) is 4.99 Å². The van der Waals surface area contributed by atoms with Crippen LogP contribution in [0.2, 0.25) is 0 Å². The quantitative estimate of drug-likeness (QED) is 0.394. The highest BCUT2D eigenvalue weighted by Crippen LogP contribution is 2.36. The molecule has 4 nitrogen and oxygen atoms in total. The summed E-state index contributed by atoms with van der Waals surface area (Å²) in [5.41, 5.74) is 6.41. The highest BCUT2D eigenvalue weighted by molar-refractivity contribution is 5.98. The Bertz CT molecular complexity index is 824. The molecule has 1 aliphatic carbocycles. The molecule has 28 heavy (non-hydrogen) atoms. The molecule has 0 saturated heterocycles. The maximum Gasteiger partial charge on any atom is 0.254 e. The minimum Gasteiger partial charge on any atom is -0.365 e. The number of hydrogen-bond donors (Lipinski definition) is 1. The van der Waals surface area contributed by atoms with Crippen LogP contribution in [0.4, 0.5) is 0 Å². The number of allylic oxidation sites excluding steroid dienone is 1. The lowest BCUT2D eigenvalue weighted by Crippen LogP contribution is -2.31. The number of carbonyl (C=O) groups is 1. The summed E-state index contributed by atoms with van der Waals surface area (Å²) in [6, 6.07) is 6.46. The second-order valence-electron chi connectivity index (χ2n) is 8.47. The van der Waals surface area contributed by atoms with Crippen molar-refractivity contribution in [3.8, 4) is 0 Å². The lowest BCUT2D eigenvalue weighted by molar-refractivity contribution is -0.126. The Balaban J connectivity index is 2.25. The first-order valence-electron chi connectivity index (χ1n) is 10.1. The van der Waals surface area contributed by atoms with Gasteiger partial charge in [-0.1, -0.05) is 30.7 Å². The van der Waals surface area contributed by atoms with Gasteiger partial charge >= 0.3 is 0 Å². The van der Waals surface area contributed by atoms with Crippen LogP contribution in [0.3, 0.4) is 0 Å². The molecule has 0 heterocycles. The van der Waals surface area contributed by atoms with E-state index in [0.29, 0.717) is 17.9 Å². The van der Waals surface area contributed by atoms with Crippen molar-refractivity contribution in [3.63, 3.8) is 0 Å². The minimum absolute atomic E-state index is 0.0126. The Morgan fingerprint density at radius 3 is 2.39 bits per heavy atom. The molecule has 2 rings (SSSR count). The average molecular weight is 382 g/mol. The lowest BCUT2D eigenvalue weighted by Gasteiger charge is -2.23. The van der Waals surface area contributed by atoms with Gasteiger partial charge in [0.1, 0.15) is 5.82 Å². The van der Waals surface area contributed by atoms with E-state index in [9.17, 15) is 4.79 Å². The number of aryl methyl sites for hydroxylation is 2. The van der Waals surface area contributed by atoms with Crippen molar-refractivity contribution in [2.45, 2.75) is 72.9 Å². The Morgan fingerprint density at radius 1 is 1.29 bits per heavy atom. The first-order chi connectivity index (χ1) is 13.1. The fraction of sp³-hybridized carbons (Fsp3) is 0.500. The lowest BCUT2D eigenvalue weighted by atomic mass is 10.00. The molecule has 4 heteroatoms. The molecular weight excluding hydrogens is 346 g/mol. The first-order valence-corrected chi connectivity index (χ1v) is 10.1. The number of rotatable bonds is 8. The number of likely N-dealkylation sites (N-methyl/N-ethyl adjacent to an activating group) is 1. The second kappa shape index (κ2) is 8.76. The van der Waals surface area contributed by atoms with E-state index in [1.807, 2.05) is 27.8 Å². The van der Waals surface area contributed by atoms with Crippen LogP contribution < -0.4 is 5.32 Å². The standard InChI is InChI=1S/C24H35N3O/c1-9-20-11-10-19(14-17(20)4)15-27(8)23(28)21(16(2)3)18(5)22(25-7)26-24(6)12-13-24/h10-11,14,26H,7,9,12-13,15H2,1-6,8H3/b22-18-. The zero-order valence-corrected chi connectivity index (χ0v) is 18.6. The largest absolute Gasteiger partial charge is 0.365 e. The van der Waals surface area contributed by atoms with Gasteiger partial charge < -0.3 is 10.2 Å². The van der Waals surface area contributed by atoms with Gasteiger partial charge in [-0.2, -0.15) is 0 Å². The van der Waals surface area contributed by atoms with E-state index in [1.165, 1.54) is 11.1 Å². The van der Waals surface area contributed by atoms with Crippen LogP contribution in [0.25, 0.3) is 0 Å². The summed E-state index contributed by atoms with van der Waals surface area (Å²) in [6.07, 6.45) is 3.25. The second-order valence-corrected chi connectivity index (χ2v) is 8.47. The van der Waals surface area contributed by atoms with Gasteiger partial charge in [0.05, 0.1) is 0 Å². The summed E-state index contributed by atoms with van der Waals surface area (Å²) >= 11 is 0. The summed E-state index contributed by atoms with van der Waals surface area (Å²) in [6.45, 7) is 16.7. The molecule has 0 unspecified atom stereocenters. The average Bonchev–Trinajstić information content (AvgIpc) is 3.36. The number of nitrogens with one attached hydrogen (secondary N) is 1. The van der Waals surface area contributed by atoms with Gasteiger partial charge in [-0.15, -0.1) is 0 Å². The summed E-state index contributed by atoms with van der Waals surface area (Å²) in [5, 5.41) is 3.46. The highest BCUT2D eigenvalue weighted by Gasteiger charge is 2.38. The Kier molecular flexibility index (Phi) is 6.87. The molecule has 0 spiro atoms. The summed E-state index contributed by atoms with van der Waals surface area (Å²) in [5.74, 6) is 0.722. The predicted octanol–water partition coefficient (Wildman–Crippen LogP) is 4.93. The number of hydrogen-bond acceptors (Lipinski definition) is 3. The van der Waals surface area contributed by atoms with Crippen LogP contribution in [0.5, 0.6) is 0 Å².